The second kappa shape index (κ2) is 10.0. The molecule has 2 aliphatic heterocycles. The zero-order valence-corrected chi connectivity index (χ0v) is 16.7. The Balaban J connectivity index is 1.29. The minimum Gasteiger partial charge on any atom is -0.371 e. The molecule has 156 valence electrons. The third-order valence-corrected chi connectivity index (χ3v) is 5.78. The first-order valence-electron chi connectivity index (χ1n) is 10.5. The van der Waals surface area contributed by atoms with Crippen molar-refractivity contribution in [3.05, 3.63) is 29.8 Å². The maximum atomic E-state index is 13.4. The summed E-state index contributed by atoms with van der Waals surface area (Å²) >= 11 is 0. The normalized spacial score (nSPS) is 23.0. The van der Waals surface area contributed by atoms with Gasteiger partial charge >= 0.3 is 6.03 Å². The number of piperidine rings is 1. The number of urea groups is 1. The smallest absolute Gasteiger partial charge is 0.314 e. The van der Waals surface area contributed by atoms with Crippen molar-refractivity contribution >= 4 is 11.7 Å². The van der Waals surface area contributed by atoms with Crippen molar-refractivity contribution in [2.24, 2.45) is 11.8 Å². The fraction of sp³-hybridized carbons (Fsp3) is 0.667. The summed E-state index contributed by atoms with van der Waals surface area (Å²) in [6.07, 6.45) is 4.49. The maximum absolute atomic E-state index is 13.4. The van der Waals surface area contributed by atoms with Crippen LogP contribution in [0.15, 0.2) is 18.2 Å². The summed E-state index contributed by atoms with van der Waals surface area (Å²) in [4.78, 5) is 16.5. The topological polar surface area (TPSA) is 47.6 Å². The van der Waals surface area contributed by atoms with E-state index in [1.54, 1.807) is 6.07 Å². The number of nitrogens with zero attached hydrogens (tertiary/aromatic N) is 2. The molecular formula is C21H32F2N4O. The Kier molecular flexibility index (Phi) is 7.48. The van der Waals surface area contributed by atoms with Gasteiger partial charge in [0.25, 0.3) is 0 Å². The fourth-order valence-electron chi connectivity index (χ4n) is 4.21. The lowest BCUT2D eigenvalue weighted by atomic mass is 10.0. The molecule has 2 saturated heterocycles. The van der Waals surface area contributed by atoms with Crippen molar-refractivity contribution in [3.8, 4) is 0 Å². The maximum Gasteiger partial charge on any atom is 0.314 e. The summed E-state index contributed by atoms with van der Waals surface area (Å²) < 4.78 is 26.5. The minimum absolute atomic E-state index is 0.127. The van der Waals surface area contributed by atoms with Crippen molar-refractivity contribution in [1.82, 2.24) is 15.5 Å². The van der Waals surface area contributed by atoms with Gasteiger partial charge in [0.05, 0.1) is 0 Å². The number of hydrogen-bond donors (Lipinski definition) is 2. The molecule has 1 aromatic carbocycles. The molecule has 0 aliphatic carbocycles. The summed E-state index contributed by atoms with van der Waals surface area (Å²) in [7, 11) is 0. The van der Waals surface area contributed by atoms with E-state index < -0.39 is 11.6 Å². The molecule has 2 N–H and O–H groups in total. The molecule has 0 bridgehead atoms. The molecule has 2 fully saturated rings. The van der Waals surface area contributed by atoms with Gasteiger partial charge in [0, 0.05) is 44.5 Å². The molecule has 0 aromatic heterocycles. The fourth-order valence-corrected chi connectivity index (χ4v) is 4.21. The van der Waals surface area contributed by atoms with Gasteiger partial charge in [-0.25, -0.2) is 13.6 Å². The number of benzene rings is 1. The van der Waals surface area contributed by atoms with Crippen LogP contribution >= 0.6 is 0 Å². The van der Waals surface area contributed by atoms with E-state index in [0.717, 1.165) is 44.5 Å². The summed E-state index contributed by atoms with van der Waals surface area (Å²) in [5, 5.41) is 5.87. The number of nitrogens with one attached hydrogen (secondary N) is 2. The number of amides is 2. The van der Waals surface area contributed by atoms with Gasteiger partial charge in [-0.15, -0.1) is 0 Å². The SMILES string of the molecule is C[C@@H]1CCCN(CCCNC(=O)NC[C@@H]2CCN(c3ccc(F)c(F)c3)C2)C1. The molecule has 2 aliphatic rings. The van der Waals surface area contributed by atoms with E-state index in [-0.39, 0.29) is 6.03 Å². The van der Waals surface area contributed by atoms with Crippen LogP contribution in [0.4, 0.5) is 19.3 Å². The molecule has 0 saturated carbocycles. The molecule has 2 heterocycles. The highest BCUT2D eigenvalue weighted by molar-refractivity contribution is 5.73. The quantitative estimate of drug-likeness (QED) is 0.698. The Hall–Kier alpha value is -1.89. The second-order valence-corrected chi connectivity index (χ2v) is 8.24. The largest absolute Gasteiger partial charge is 0.371 e. The summed E-state index contributed by atoms with van der Waals surface area (Å²) in [6.45, 7) is 8.48. The van der Waals surface area contributed by atoms with E-state index in [9.17, 15) is 13.6 Å². The Bertz CT molecular complexity index is 657. The molecule has 0 spiro atoms. The summed E-state index contributed by atoms with van der Waals surface area (Å²) in [5.41, 5.74) is 0.692. The van der Waals surface area contributed by atoms with E-state index in [1.807, 2.05) is 4.90 Å². The summed E-state index contributed by atoms with van der Waals surface area (Å²) in [6, 6.07) is 3.87. The van der Waals surface area contributed by atoms with Gasteiger partial charge in [-0.2, -0.15) is 0 Å². The third-order valence-electron chi connectivity index (χ3n) is 5.78. The van der Waals surface area contributed by atoms with E-state index in [2.05, 4.69) is 22.5 Å². The molecular weight excluding hydrogens is 362 g/mol. The highest BCUT2D eigenvalue weighted by Gasteiger charge is 2.23. The van der Waals surface area contributed by atoms with Gasteiger partial charge in [0.2, 0.25) is 0 Å². The molecule has 7 heteroatoms. The van der Waals surface area contributed by atoms with Crippen molar-refractivity contribution in [2.75, 3.05) is 50.7 Å². The molecule has 3 rings (SSSR count). The molecule has 2 atom stereocenters. The van der Waals surface area contributed by atoms with Crippen LogP contribution in [0.25, 0.3) is 0 Å². The van der Waals surface area contributed by atoms with Gasteiger partial charge < -0.3 is 20.4 Å². The number of anilines is 1. The van der Waals surface area contributed by atoms with E-state index >= 15 is 0 Å². The minimum atomic E-state index is -0.826. The van der Waals surface area contributed by atoms with Crippen LogP contribution in [0.5, 0.6) is 0 Å². The standard InChI is InChI=1S/C21H32F2N4O/c1-16-4-2-9-26(14-16)10-3-8-24-21(28)25-13-17-7-11-27(15-17)18-5-6-19(22)20(23)12-18/h5-6,12,16-17H,2-4,7-11,13-15H2,1H3,(H2,24,25,28)/t16-,17+/m1/s1. The lowest BCUT2D eigenvalue weighted by Crippen LogP contribution is -2.40. The third kappa shape index (κ3) is 6.06. The van der Waals surface area contributed by atoms with Gasteiger partial charge in [0.15, 0.2) is 11.6 Å². The van der Waals surface area contributed by atoms with Crippen molar-refractivity contribution in [3.63, 3.8) is 0 Å². The first-order chi connectivity index (χ1) is 13.5. The van der Waals surface area contributed by atoms with Crippen LogP contribution in [0.2, 0.25) is 0 Å². The molecule has 0 unspecified atom stereocenters. The zero-order valence-electron chi connectivity index (χ0n) is 16.7. The first kappa shape index (κ1) is 20.8. The monoisotopic (exact) mass is 394 g/mol. The molecule has 0 radical (unpaired) electrons. The number of halogens is 2. The van der Waals surface area contributed by atoms with Crippen molar-refractivity contribution in [2.45, 2.75) is 32.6 Å². The Labute approximate surface area is 166 Å². The number of likely N-dealkylation sites (tertiary alicyclic amines) is 1. The van der Waals surface area contributed by atoms with E-state index in [0.29, 0.717) is 24.7 Å². The number of hydrogen-bond acceptors (Lipinski definition) is 3. The Morgan fingerprint density at radius 2 is 2.00 bits per heavy atom. The number of carbonyl (C=O) groups is 1. The number of carbonyl (C=O) groups excluding carboxylic acids is 1. The van der Waals surface area contributed by atoms with Crippen LogP contribution in [0, 0.1) is 23.5 Å². The van der Waals surface area contributed by atoms with Crippen LogP contribution in [0.1, 0.15) is 32.6 Å². The average molecular weight is 395 g/mol. The van der Waals surface area contributed by atoms with Crippen LogP contribution in [-0.2, 0) is 0 Å². The van der Waals surface area contributed by atoms with Crippen LogP contribution < -0.4 is 15.5 Å². The van der Waals surface area contributed by atoms with Gasteiger partial charge in [-0.3, -0.25) is 0 Å². The molecule has 28 heavy (non-hydrogen) atoms. The highest BCUT2D eigenvalue weighted by Crippen LogP contribution is 2.25. The lowest BCUT2D eigenvalue weighted by molar-refractivity contribution is 0.181. The van der Waals surface area contributed by atoms with Crippen LogP contribution in [0.3, 0.4) is 0 Å². The lowest BCUT2D eigenvalue weighted by Gasteiger charge is -2.30. The second-order valence-electron chi connectivity index (χ2n) is 8.24. The zero-order chi connectivity index (χ0) is 19.9. The Morgan fingerprint density at radius 3 is 2.79 bits per heavy atom. The van der Waals surface area contributed by atoms with Gasteiger partial charge in [-0.1, -0.05) is 6.92 Å². The van der Waals surface area contributed by atoms with Crippen LogP contribution in [-0.4, -0.2) is 56.7 Å². The first-order valence-corrected chi connectivity index (χ1v) is 10.5. The van der Waals surface area contributed by atoms with E-state index in [1.165, 1.54) is 32.0 Å². The average Bonchev–Trinajstić information content (AvgIpc) is 3.15. The van der Waals surface area contributed by atoms with E-state index in [4.69, 9.17) is 0 Å². The van der Waals surface area contributed by atoms with Crippen molar-refractivity contribution < 1.29 is 13.6 Å². The van der Waals surface area contributed by atoms with Gasteiger partial charge in [0.1, 0.15) is 0 Å². The van der Waals surface area contributed by atoms with Crippen molar-refractivity contribution in [1.29, 1.82) is 0 Å². The predicted molar refractivity (Wildman–Crippen MR) is 108 cm³/mol. The molecule has 5 nitrogen and oxygen atoms in total. The van der Waals surface area contributed by atoms with Gasteiger partial charge in [-0.05, 0) is 62.7 Å². The number of rotatable bonds is 7. The molecule has 1 aromatic rings. The predicted octanol–water partition coefficient (Wildman–Crippen LogP) is 3.21. The highest BCUT2D eigenvalue weighted by atomic mass is 19.2. The Morgan fingerprint density at radius 1 is 1.14 bits per heavy atom. The summed E-state index contributed by atoms with van der Waals surface area (Å²) in [5.74, 6) is -0.554. The molecule has 2 amide bonds.